The third kappa shape index (κ3) is 4.25. The van der Waals surface area contributed by atoms with E-state index < -0.39 is 11.9 Å². The highest BCUT2D eigenvalue weighted by Gasteiger charge is 2.21. The highest BCUT2D eigenvalue weighted by molar-refractivity contribution is 7.20. The van der Waals surface area contributed by atoms with Crippen LogP contribution in [0.1, 0.15) is 47.7 Å². The fourth-order valence-corrected chi connectivity index (χ4v) is 3.61. The lowest BCUT2D eigenvalue weighted by molar-refractivity contribution is -0.118. The van der Waals surface area contributed by atoms with E-state index in [0.717, 1.165) is 0 Å². The molecule has 0 atom stereocenters. The van der Waals surface area contributed by atoms with E-state index in [1.54, 1.807) is 13.8 Å². The number of thiophene rings is 1. The number of fused-ring (bicyclic) bond motifs is 1. The van der Waals surface area contributed by atoms with Crippen LogP contribution < -0.4 is 11.3 Å². The number of nitrogens with two attached hydrogens (primary N) is 1. The van der Waals surface area contributed by atoms with Crippen LogP contribution in [0.4, 0.5) is 0 Å². The lowest BCUT2D eigenvalue weighted by Crippen LogP contribution is -2.24. The van der Waals surface area contributed by atoms with Gasteiger partial charge in [0.05, 0.1) is 12.0 Å². The number of amides is 1. The van der Waals surface area contributed by atoms with Gasteiger partial charge in [0.2, 0.25) is 5.91 Å². The summed E-state index contributed by atoms with van der Waals surface area (Å²) in [6, 6.07) is 0. The number of aryl methyl sites for hydroxylation is 2. The van der Waals surface area contributed by atoms with Gasteiger partial charge in [-0.3, -0.25) is 14.2 Å². The van der Waals surface area contributed by atoms with E-state index >= 15 is 0 Å². The van der Waals surface area contributed by atoms with Crippen LogP contribution in [0.15, 0.2) is 4.79 Å². The van der Waals surface area contributed by atoms with Crippen molar-refractivity contribution in [2.75, 3.05) is 6.61 Å². The van der Waals surface area contributed by atoms with Gasteiger partial charge in [-0.1, -0.05) is 13.8 Å². The van der Waals surface area contributed by atoms with Gasteiger partial charge >= 0.3 is 5.97 Å². The molecule has 0 fully saturated rings. The van der Waals surface area contributed by atoms with Crippen LogP contribution in [0.25, 0.3) is 10.2 Å². The van der Waals surface area contributed by atoms with Crippen molar-refractivity contribution in [2.45, 2.75) is 47.1 Å². The van der Waals surface area contributed by atoms with Gasteiger partial charge in [0.25, 0.3) is 5.56 Å². The van der Waals surface area contributed by atoms with Gasteiger partial charge in [0.15, 0.2) is 0 Å². The summed E-state index contributed by atoms with van der Waals surface area (Å²) >= 11 is 1.18. The second-order valence-corrected chi connectivity index (χ2v) is 7.41. The predicted molar refractivity (Wildman–Crippen MR) is 96.9 cm³/mol. The van der Waals surface area contributed by atoms with Crippen LogP contribution in [-0.4, -0.2) is 28.0 Å². The highest BCUT2D eigenvalue weighted by atomic mass is 32.1. The zero-order valence-corrected chi connectivity index (χ0v) is 15.7. The Labute approximate surface area is 149 Å². The number of carbonyl (C=O) groups excluding carboxylic acids is 2. The van der Waals surface area contributed by atoms with E-state index in [1.807, 2.05) is 13.8 Å². The molecule has 0 saturated heterocycles. The number of aromatic nitrogens is 2. The Hall–Kier alpha value is -2.22. The van der Waals surface area contributed by atoms with E-state index in [0.29, 0.717) is 46.1 Å². The average molecular weight is 365 g/mol. The Morgan fingerprint density at radius 2 is 2.00 bits per heavy atom. The van der Waals surface area contributed by atoms with Crippen molar-refractivity contribution in [1.29, 1.82) is 0 Å². The number of rotatable bonds is 7. The molecule has 0 radical (unpaired) electrons. The lowest BCUT2D eigenvalue weighted by Gasteiger charge is -2.08. The minimum Gasteiger partial charge on any atom is -0.461 e. The zero-order valence-electron chi connectivity index (χ0n) is 14.9. The van der Waals surface area contributed by atoms with E-state index in [1.165, 1.54) is 15.9 Å². The average Bonchev–Trinajstić information content (AvgIpc) is 2.84. The highest BCUT2D eigenvalue weighted by Crippen LogP contribution is 2.28. The second kappa shape index (κ2) is 7.77. The Morgan fingerprint density at radius 1 is 1.32 bits per heavy atom. The number of ether oxygens (including phenoxy) is 1. The second-order valence-electron chi connectivity index (χ2n) is 6.41. The fraction of sp³-hybridized carbons (Fsp3) is 0.529. The number of nitrogens with zero attached hydrogens (tertiary/aromatic N) is 2. The Bertz CT molecular complexity index is 867. The number of esters is 1. The summed E-state index contributed by atoms with van der Waals surface area (Å²) < 4.78 is 6.80. The maximum Gasteiger partial charge on any atom is 0.348 e. The third-order valence-electron chi connectivity index (χ3n) is 3.78. The number of primary amides is 1. The van der Waals surface area contributed by atoms with E-state index in [9.17, 15) is 14.4 Å². The summed E-state index contributed by atoms with van der Waals surface area (Å²) in [6.07, 6.45) is 0.676. The van der Waals surface area contributed by atoms with Gasteiger partial charge in [-0.05, 0) is 31.7 Å². The van der Waals surface area contributed by atoms with Gasteiger partial charge in [-0.25, -0.2) is 9.78 Å². The summed E-state index contributed by atoms with van der Waals surface area (Å²) in [7, 11) is 0. The van der Waals surface area contributed by atoms with Gasteiger partial charge < -0.3 is 10.5 Å². The molecule has 7 nitrogen and oxygen atoms in total. The third-order valence-corrected chi connectivity index (χ3v) is 4.94. The molecule has 0 saturated carbocycles. The van der Waals surface area contributed by atoms with Gasteiger partial charge in [-0.2, -0.15) is 0 Å². The number of hydrogen-bond acceptors (Lipinski definition) is 6. The standard InChI is InChI=1S/C17H23N3O4S/c1-9(2)8-24-17(23)14-10(3)13-15(25-14)19-11(4)20(16(13)22)7-5-6-12(18)21/h9H,5-8H2,1-4H3,(H2,18,21). The van der Waals surface area contributed by atoms with Crippen LogP contribution in [-0.2, 0) is 16.1 Å². The van der Waals surface area contributed by atoms with Crippen molar-refractivity contribution in [2.24, 2.45) is 11.7 Å². The van der Waals surface area contributed by atoms with Crippen molar-refractivity contribution in [3.63, 3.8) is 0 Å². The first-order valence-corrected chi connectivity index (χ1v) is 9.00. The quantitative estimate of drug-likeness (QED) is 0.757. The molecule has 0 aromatic carbocycles. The van der Waals surface area contributed by atoms with Gasteiger partial charge in [-0.15, -0.1) is 11.3 Å². The predicted octanol–water partition coefficient (Wildman–Crippen LogP) is 2.15. The van der Waals surface area contributed by atoms with Crippen LogP contribution in [0, 0.1) is 19.8 Å². The zero-order chi connectivity index (χ0) is 18.7. The smallest absolute Gasteiger partial charge is 0.348 e. The Balaban J connectivity index is 2.40. The molecule has 2 aromatic rings. The Morgan fingerprint density at radius 3 is 2.60 bits per heavy atom. The first-order valence-electron chi connectivity index (χ1n) is 8.18. The molecular weight excluding hydrogens is 342 g/mol. The monoisotopic (exact) mass is 365 g/mol. The molecule has 136 valence electrons. The molecule has 2 rings (SSSR count). The largest absolute Gasteiger partial charge is 0.461 e. The van der Waals surface area contributed by atoms with Crippen molar-refractivity contribution in [3.05, 3.63) is 26.6 Å². The molecule has 0 bridgehead atoms. The van der Waals surface area contributed by atoms with Crippen LogP contribution in [0.3, 0.4) is 0 Å². The van der Waals surface area contributed by atoms with Crippen LogP contribution in [0.2, 0.25) is 0 Å². The molecule has 25 heavy (non-hydrogen) atoms. The molecule has 0 spiro atoms. The van der Waals surface area contributed by atoms with Gasteiger partial charge in [0.1, 0.15) is 15.5 Å². The minimum absolute atomic E-state index is 0.205. The molecule has 0 aliphatic heterocycles. The molecule has 0 aliphatic rings. The summed E-state index contributed by atoms with van der Waals surface area (Å²) in [5.41, 5.74) is 5.53. The first-order chi connectivity index (χ1) is 11.7. The van der Waals surface area contributed by atoms with E-state index in [2.05, 4.69) is 4.98 Å². The van der Waals surface area contributed by atoms with Crippen LogP contribution in [0.5, 0.6) is 0 Å². The summed E-state index contributed by atoms with van der Waals surface area (Å²) in [5, 5.41) is 0.436. The van der Waals surface area contributed by atoms with Crippen molar-refractivity contribution >= 4 is 33.4 Å². The van der Waals surface area contributed by atoms with Crippen molar-refractivity contribution in [1.82, 2.24) is 9.55 Å². The summed E-state index contributed by atoms with van der Waals surface area (Å²) in [6.45, 7) is 8.07. The molecule has 0 unspecified atom stereocenters. The van der Waals surface area contributed by atoms with Crippen LogP contribution >= 0.6 is 11.3 Å². The number of hydrogen-bond donors (Lipinski definition) is 1. The topological polar surface area (TPSA) is 104 Å². The van der Waals surface area contributed by atoms with Gasteiger partial charge in [0, 0.05) is 13.0 Å². The summed E-state index contributed by atoms with van der Waals surface area (Å²) in [5.74, 6) is -0.0417. The SMILES string of the molecule is Cc1c(C(=O)OCC(C)C)sc2nc(C)n(CCCC(N)=O)c(=O)c12. The molecule has 1 amide bonds. The first kappa shape index (κ1) is 19.1. The van der Waals surface area contributed by atoms with Crippen molar-refractivity contribution < 1.29 is 14.3 Å². The summed E-state index contributed by atoms with van der Waals surface area (Å²) in [4.78, 5) is 41.4. The molecule has 0 aliphatic carbocycles. The molecular formula is C17H23N3O4S. The van der Waals surface area contributed by atoms with E-state index in [-0.39, 0.29) is 17.9 Å². The fourth-order valence-electron chi connectivity index (χ4n) is 2.50. The van der Waals surface area contributed by atoms with Crippen molar-refractivity contribution in [3.8, 4) is 0 Å². The molecule has 2 heterocycles. The lowest BCUT2D eigenvalue weighted by atomic mass is 10.2. The Kier molecular flexibility index (Phi) is 5.94. The maximum atomic E-state index is 12.8. The molecule has 8 heteroatoms. The molecule has 2 N–H and O–H groups in total. The molecule has 2 aromatic heterocycles. The maximum absolute atomic E-state index is 12.8. The van der Waals surface area contributed by atoms with E-state index in [4.69, 9.17) is 10.5 Å². The normalized spacial score (nSPS) is 11.2. The number of carbonyl (C=O) groups is 2. The minimum atomic E-state index is -0.425.